The van der Waals surface area contributed by atoms with E-state index >= 15 is 0 Å². The third kappa shape index (κ3) is 0.764. The lowest BCUT2D eigenvalue weighted by molar-refractivity contribution is 0.0578. The Morgan fingerprint density at radius 1 is 1.40 bits per heavy atom. The lowest BCUT2D eigenvalue weighted by atomic mass is 9.93. The van der Waals surface area contributed by atoms with Crippen LogP contribution in [-0.2, 0) is 0 Å². The molecule has 2 fully saturated rings. The molecule has 1 saturated carbocycles. The van der Waals surface area contributed by atoms with E-state index in [4.69, 9.17) is 0 Å². The fourth-order valence-electron chi connectivity index (χ4n) is 1.89. The van der Waals surface area contributed by atoms with Gasteiger partial charge in [0.1, 0.15) is 0 Å². The molecular weight excluding hydrogens is 136 g/mol. The van der Waals surface area contributed by atoms with Crippen LogP contribution in [0.25, 0.3) is 0 Å². The molecule has 58 valence electrons. The molecule has 0 aromatic heterocycles. The minimum atomic E-state index is -2.11. The first kappa shape index (κ1) is 6.53. The van der Waals surface area contributed by atoms with Gasteiger partial charge in [0, 0.05) is 19.0 Å². The second-order valence-corrected chi connectivity index (χ2v) is 3.43. The molecule has 1 N–H and O–H groups in total. The van der Waals surface area contributed by atoms with E-state index in [1.54, 1.807) is 0 Å². The molecule has 0 radical (unpaired) electrons. The number of halogens is 2. The Bertz CT molecular complexity index is 143. The van der Waals surface area contributed by atoms with E-state index in [2.05, 4.69) is 5.32 Å². The zero-order valence-corrected chi connectivity index (χ0v) is 5.74. The zero-order valence-electron chi connectivity index (χ0n) is 5.74. The van der Waals surface area contributed by atoms with Gasteiger partial charge in [0.05, 0.1) is 0 Å². The smallest absolute Gasteiger partial charge is 0.243 e. The van der Waals surface area contributed by atoms with Gasteiger partial charge in [-0.05, 0) is 18.3 Å². The molecule has 1 atom stereocenters. The van der Waals surface area contributed by atoms with E-state index in [9.17, 15) is 8.78 Å². The Balaban J connectivity index is 2.07. The normalized spacial score (nSPS) is 35.7. The monoisotopic (exact) mass is 147 g/mol. The maximum atomic E-state index is 12.2. The quantitative estimate of drug-likeness (QED) is 0.588. The van der Waals surface area contributed by atoms with Crippen LogP contribution >= 0.6 is 0 Å². The number of hydrogen-bond donors (Lipinski definition) is 1. The number of alkyl halides is 2. The lowest BCUT2D eigenvalue weighted by Gasteiger charge is -2.14. The van der Waals surface area contributed by atoms with Crippen LogP contribution in [0.5, 0.6) is 0 Å². The minimum Gasteiger partial charge on any atom is -0.316 e. The van der Waals surface area contributed by atoms with E-state index in [-0.39, 0.29) is 11.3 Å². The van der Waals surface area contributed by atoms with E-state index < -0.39 is 6.43 Å². The van der Waals surface area contributed by atoms with Crippen LogP contribution in [0, 0.1) is 11.3 Å². The second kappa shape index (κ2) is 1.91. The van der Waals surface area contributed by atoms with E-state index in [0.29, 0.717) is 6.54 Å². The summed E-state index contributed by atoms with van der Waals surface area (Å²) in [5.41, 5.74) is 0.0220. The van der Waals surface area contributed by atoms with Crippen molar-refractivity contribution in [3.63, 3.8) is 0 Å². The Morgan fingerprint density at radius 2 is 2.10 bits per heavy atom. The number of nitrogens with one attached hydrogen (secondary N) is 1. The van der Waals surface area contributed by atoms with Crippen LogP contribution in [0.2, 0.25) is 0 Å². The fraction of sp³-hybridized carbons (Fsp3) is 1.00. The van der Waals surface area contributed by atoms with Gasteiger partial charge in [0.25, 0.3) is 0 Å². The number of hydrogen-bond acceptors (Lipinski definition) is 1. The molecule has 1 aliphatic heterocycles. The molecule has 1 heterocycles. The van der Waals surface area contributed by atoms with Crippen molar-refractivity contribution >= 4 is 0 Å². The molecule has 1 aliphatic carbocycles. The molecule has 10 heavy (non-hydrogen) atoms. The fourth-order valence-corrected chi connectivity index (χ4v) is 1.89. The van der Waals surface area contributed by atoms with Crippen molar-refractivity contribution in [1.29, 1.82) is 0 Å². The van der Waals surface area contributed by atoms with Gasteiger partial charge in [-0.25, -0.2) is 8.78 Å². The molecule has 1 unspecified atom stereocenters. The van der Waals surface area contributed by atoms with E-state index in [1.165, 1.54) is 0 Å². The molecule has 0 aromatic rings. The molecule has 0 aromatic carbocycles. The minimum absolute atomic E-state index is 0.0220. The Kier molecular flexibility index (Phi) is 1.24. The zero-order chi connectivity index (χ0) is 7.19. The summed E-state index contributed by atoms with van der Waals surface area (Å²) in [6.07, 6.45) is -0.0956. The summed E-state index contributed by atoms with van der Waals surface area (Å²) >= 11 is 0. The molecule has 2 aliphatic rings. The van der Waals surface area contributed by atoms with Crippen LogP contribution in [0.4, 0.5) is 8.78 Å². The summed E-state index contributed by atoms with van der Waals surface area (Å²) in [6, 6.07) is 0. The number of rotatable bonds is 1. The standard InChI is InChI=1S/C7H11F2N/c8-6(9)5-3-10-4-7(5)1-2-7/h5-6,10H,1-4H2. The third-order valence-corrected chi connectivity index (χ3v) is 2.82. The van der Waals surface area contributed by atoms with Gasteiger partial charge in [0.2, 0.25) is 6.43 Å². The Hall–Kier alpha value is -0.180. The largest absolute Gasteiger partial charge is 0.316 e. The summed E-state index contributed by atoms with van der Waals surface area (Å²) in [7, 11) is 0. The van der Waals surface area contributed by atoms with Crippen LogP contribution in [-0.4, -0.2) is 19.5 Å². The van der Waals surface area contributed by atoms with Crippen LogP contribution in [0.3, 0.4) is 0 Å². The van der Waals surface area contributed by atoms with Crippen molar-refractivity contribution in [3.8, 4) is 0 Å². The van der Waals surface area contributed by atoms with Crippen LogP contribution in [0.1, 0.15) is 12.8 Å². The summed E-state index contributed by atoms with van der Waals surface area (Å²) in [4.78, 5) is 0. The van der Waals surface area contributed by atoms with Gasteiger partial charge in [0.15, 0.2) is 0 Å². The highest BCUT2D eigenvalue weighted by Crippen LogP contribution is 2.55. The highest BCUT2D eigenvalue weighted by atomic mass is 19.3. The van der Waals surface area contributed by atoms with E-state index in [1.807, 2.05) is 0 Å². The highest BCUT2D eigenvalue weighted by Gasteiger charge is 2.55. The van der Waals surface area contributed by atoms with Gasteiger partial charge >= 0.3 is 0 Å². The molecule has 2 rings (SSSR count). The third-order valence-electron chi connectivity index (χ3n) is 2.82. The summed E-state index contributed by atoms with van der Waals surface area (Å²) in [6.45, 7) is 1.35. The first-order valence-electron chi connectivity index (χ1n) is 3.73. The first-order valence-corrected chi connectivity index (χ1v) is 3.73. The second-order valence-electron chi connectivity index (χ2n) is 3.43. The Labute approximate surface area is 58.8 Å². The van der Waals surface area contributed by atoms with Crippen molar-refractivity contribution in [2.24, 2.45) is 11.3 Å². The van der Waals surface area contributed by atoms with Gasteiger partial charge in [-0.3, -0.25) is 0 Å². The molecule has 1 spiro atoms. The SMILES string of the molecule is FC(F)C1CNCC12CC2. The van der Waals surface area contributed by atoms with Gasteiger partial charge in [-0.2, -0.15) is 0 Å². The summed E-state index contributed by atoms with van der Waals surface area (Å²) < 4.78 is 24.5. The van der Waals surface area contributed by atoms with Crippen molar-refractivity contribution in [1.82, 2.24) is 5.32 Å². The molecule has 0 bridgehead atoms. The predicted octanol–water partition coefficient (Wildman–Crippen LogP) is 1.25. The average Bonchev–Trinajstić information content (AvgIpc) is 2.42. The van der Waals surface area contributed by atoms with Crippen LogP contribution in [0.15, 0.2) is 0 Å². The maximum absolute atomic E-state index is 12.2. The van der Waals surface area contributed by atoms with Gasteiger partial charge < -0.3 is 5.32 Å². The predicted molar refractivity (Wildman–Crippen MR) is 34.0 cm³/mol. The summed E-state index contributed by atoms with van der Waals surface area (Å²) in [5.74, 6) is -0.354. The van der Waals surface area contributed by atoms with Crippen molar-refractivity contribution in [2.75, 3.05) is 13.1 Å². The maximum Gasteiger partial charge on any atom is 0.243 e. The average molecular weight is 147 g/mol. The van der Waals surface area contributed by atoms with Crippen molar-refractivity contribution < 1.29 is 8.78 Å². The van der Waals surface area contributed by atoms with Crippen molar-refractivity contribution in [3.05, 3.63) is 0 Å². The molecule has 3 heteroatoms. The van der Waals surface area contributed by atoms with Gasteiger partial charge in [-0.1, -0.05) is 0 Å². The summed E-state index contributed by atoms with van der Waals surface area (Å²) in [5, 5.41) is 3.03. The Morgan fingerprint density at radius 3 is 2.50 bits per heavy atom. The molecular formula is C7H11F2N. The molecule has 0 amide bonds. The topological polar surface area (TPSA) is 12.0 Å². The lowest BCUT2D eigenvalue weighted by Crippen LogP contribution is -2.21. The molecule has 1 saturated heterocycles. The first-order chi connectivity index (χ1) is 4.75. The van der Waals surface area contributed by atoms with Crippen molar-refractivity contribution in [2.45, 2.75) is 19.3 Å². The van der Waals surface area contributed by atoms with Crippen LogP contribution < -0.4 is 5.32 Å². The van der Waals surface area contributed by atoms with E-state index in [0.717, 1.165) is 19.4 Å². The molecule has 1 nitrogen and oxygen atoms in total. The highest BCUT2D eigenvalue weighted by molar-refractivity contribution is 5.05. The van der Waals surface area contributed by atoms with Gasteiger partial charge in [-0.15, -0.1) is 0 Å².